The molecule has 2 amide bonds. The Balaban J connectivity index is 1.59. The number of hydrogen-bond acceptors (Lipinski definition) is 2. The van der Waals surface area contributed by atoms with Gasteiger partial charge in [0.15, 0.2) is 0 Å². The number of amides is 2. The number of hydrogen-bond donors (Lipinski definition) is 2. The van der Waals surface area contributed by atoms with Crippen molar-refractivity contribution in [3.8, 4) is 0 Å². The van der Waals surface area contributed by atoms with Crippen LogP contribution in [0.15, 0.2) is 24.3 Å². The molecule has 1 aliphatic carbocycles. The van der Waals surface area contributed by atoms with E-state index in [1.165, 1.54) is 21.5 Å². The topological polar surface area (TPSA) is 76.6 Å². The molecule has 1 saturated carbocycles. The van der Waals surface area contributed by atoms with E-state index in [0.29, 0.717) is 6.54 Å². The minimum atomic E-state index is -0.922. The van der Waals surface area contributed by atoms with Crippen molar-refractivity contribution < 1.29 is 14.7 Å². The summed E-state index contributed by atoms with van der Waals surface area (Å²) in [7, 11) is 1.60. The fraction of sp³-hybridized carbons (Fsp3) is 0.565. The zero-order valence-electron chi connectivity index (χ0n) is 17.4. The van der Waals surface area contributed by atoms with Gasteiger partial charge in [-0.05, 0) is 43.2 Å². The van der Waals surface area contributed by atoms with Gasteiger partial charge in [-0.2, -0.15) is 0 Å². The molecular weight excluding hydrogens is 366 g/mol. The second-order valence-corrected chi connectivity index (χ2v) is 8.58. The van der Waals surface area contributed by atoms with Gasteiger partial charge in [0.25, 0.3) is 0 Å². The lowest BCUT2D eigenvalue weighted by atomic mass is 9.77. The number of aromatic nitrogens is 1. The average Bonchev–Trinajstić information content (AvgIpc) is 3.11. The molecule has 4 rings (SSSR count). The van der Waals surface area contributed by atoms with Crippen molar-refractivity contribution in [3.63, 3.8) is 0 Å². The predicted octanol–water partition coefficient (Wildman–Crippen LogP) is 4.42. The van der Waals surface area contributed by atoms with Crippen LogP contribution in [0, 0.1) is 11.8 Å². The van der Waals surface area contributed by atoms with Gasteiger partial charge in [-0.3, -0.25) is 4.79 Å². The van der Waals surface area contributed by atoms with Crippen LogP contribution >= 0.6 is 0 Å². The van der Waals surface area contributed by atoms with Gasteiger partial charge in [0.1, 0.15) is 0 Å². The summed E-state index contributed by atoms with van der Waals surface area (Å²) in [5, 5.41) is 10.5. The highest BCUT2D eigenvalue weighted by atomic mass is 16.4. The minimum absolute atomic E-state index is 0.0680. The third-order valence-corrected chi connectivity index (χ3v) is 6.89. The van der Waals surface area contributed by atoms with Gasteiger partial charge in [-0.15, -0.1) is 0 Å². The average molecular weight is 398 g/mol. The molecule has 29 heavy (non-hydrogen) atoms. The van der Waals surface area contributed by atoms with Gasteiger partial charge >= 0.3 is 6.09 Å². The number of aromatic amines is 1. The number of nitrogens with one attached hydrogen (secondary N) is 1. The van der Waals surface area contributed by atoms with Crippen LogP contribution < -0.4 is 0 Å². The van der Waals surface area contributed by atoms with E-state index in [1.807, 2.05) is 6.07 Å². The highest BCUT2D eigenvalue weighted by Gasteiger charge is 2.39. The van der Waals surface area contributed by atoms with Crippen molar-refractivity contribution in [2.24, 2.45) is 11.8 Å². The van der Waals surface area contributed by atoms with E-state index < -0.39 is 6.09 Å². The first kappa shape index (κ1) is 19.8. The Hall–Kier alpha value is -2.50. The molecule has 1 fully saturated rings. The number of H-pyrrole nitrogens is 1. The van der Waals surface area contributed by atoms with Gasteiger partial charge in [0.05, 0.1) is 6.04 Å². The van der Waals surface area contributed by atoms with Crippen molar-refractivity contribution in [1.82, 2.24) is 14.8 Å². The molecule has 3 unspecified atom stereocenters. The summed E-state index contributed by atoms with van der Waals surface area (Å²) in [5.41, 5.74) is 3.68. The van der Waals surface area contributed by atoms with Gasteiger partial charge in [0, 0.05) is 42.7 Å². The molecule has 2 N–H and O–H groups in total. The Bertz CT molecular complexity index is 906. The van der Waals surface area contributed by atoms with Crippen molar-refractivity contribution in [1.29, 1.82) is 0 Å². The zero-order valence-corrected chi connectivity index (χ0v) is 17.4. The van der Waals surface area contributed by atoms with Crippen molar-refractivity contribution in [2.45, 2.75) is 51.5 Å². The van der Waals surface area contributed by atoms with Crippen LogP contribution in [0.4, 0.5) is 4.79 Å². The van der Waals surface area contributed by atoms with Gasteiger partial charge in [-0.25, -0.2) is 4.79 Å². The normalized spacial score (nSPS) is 24.3. The third kappa shape index (κ3) is 3.61. The Morgan fingerprint density at radius 1 is 1.24 bits per heavy atom. The molecule has 1 aromatic carbocycles. The second kappa shape index (κ2) is 8.09. The molecule has 3 atom stereocenters. The van der Waals surface area contributed by atoms with Crippen molar-refractivity contribution in [2.75, 3.05) is 20.1 Å². The van der Waals surface area contributed by atoms with Crippen LogP contribution in [0.5, 0.6) is 0 Å². The van der Waals surface area contributed by atoms with E-state index in [9.17, 15) is 14.7 Å². The number of rotatable bonds is 4. The molecular formula is C23H31N3O3. The summed E-state index contributed by atoms with van der Waals surface area (Å²) in [6.45, 7) is 3.32. The minimum Gasteiger partial charge on any atom is -0.465 e. The summed E-state index contributed by atoms with van der Waals surface area (Å²) in [4.78, 5) is 31.9. The summed E-state index contributed by atoms with van der Waals surface area (Å²) < 4.78 is 0. The molecule has 0 saturated heterocycles. The van der Waals surface area contributed by atoms with Crippen molar-refractivity contribution in [3.05, 3.63) is 35.5 Å². The molecule has 1 aromatic heterocycles. The molecule has 2 heterocycles. The third-order valence-electron chi connectivity index (χ3n) is 6.89. The van der Waals surface area contributed by atoms with E-state index in [2.05, 4.69) is 35.0 Å². The molecule has 1 aliphatic heterocycles. The first-order valence-corrected chi connectivity index (χ1v) is 10.8. The van der Waals surface area contributed by atoms with E-state index in [0.717, 1.165) is 50.6 Å². The van der Waals surface area contributed by atoms with Crippen molar-refractivity contribution >= 4 is 22.9 Å². The maximum Gasteiger partial charge on any atom is 0.407 e. The Morgan fingerprint density at radius 3 is 2.76 bits per heavy atom. The highest BCUT2D eigenvalue weighted by Crippen LogP contribution is 2.39. The maximum absolute atomic E-state index is 13.7. The number of nitrogens with zero attached hydrogens (tertiary/aromatic N) is 2. The summed E-state index contributed by atoms with van der Waals surface area (Å²) >= 11 is 0. The second-order valence-electron chi connectivity index (χ2n) is 8.58. The largest absolute Gasteiger partial charge is 0.465 e. The highest BCUT2D eigenvalue weighted by molar-refractivity contribution is 5.86. The Morgan fingerprint density at radius 2 is 2.00 bits per heavy atom. The van der Waals surface area contributed by atoms with Crippen LogP contribution in [0.1, 0.15) is 56.3 Å². The van der Waals surface area contributed by atoms with Crippen LogP contribution in [0.3, 0.4) is 0 Å². The number of carbonyl (C=O) groups excluding carboxylic acids is 1. The van der Waals surface area contributed by atoms with E-state index in [-0.39, 0.29) is 23.8 Å². The molecule has 0 radical (unpaired) electrons. The Kier molecular flexibility index (Phi) is 5.52. The maximum atomic E-state index is 13.7. The lowest BCUT2D eigenvalue weighted by molar-refractivity contribution is -0.142. The number of carbonyl (C=O) groups is 2. The number of para-hydroxylation sites is 1. The first-order valence-electron chi connectivity index (χ1n) is 10.8. The summed E-state index contributed by atoms with van der Waals surface area (Å²) in [5.74, 6) is 0.245. The van der Waals surface area contributed by atoms with Crippen LogP contribution in [-0.2, 0) is 11.2 Å². The molecule has 6 heteroatoms. The molecule has 0 spiro atoms. The molecule has 0 bridgehead atoms. The van der Waals surface area contributed by atoms with Gasteiger partial charge in [0.2, 0.25) is 5.91 Å². The number of fused-ring (bicyclic) bond motifs is 3. The molecule has 6 nitrogen and oxygen atoms in total. The molecule has 2 aromatic rings. The predicted molar refractivity (Wildman–Crippen MR) is 113 cm³/mol. The fourth-order valence-corrected chi connectivity index (χ4v) is 5.40. The quantitative estimate of drug-likeness (QED) is 0.802. The SMILES string of the molecule is CCC1c2[nH]c3ccccc3c2CCN1C(=O)C1CCCCC1CN(C)C(=O)O. The summed E-state index contributed by atoms with van der Waals surface area (Å²) in [6, 6.07) is 8.44. The lowest BCUT2D eigenvalue weighted by Gasteiger charge is -2.41. The van der Waals surface area contributed by atoms with Crippen LogP contribution in [-0.4, -0.2) is 52.0 Å². The number of benzene rings is 1. The monoisotopic (exact) mass is 397 g/mol. The van der Waals surface area contributed by atoms with E-state index in [4.69, 9.17) is 0 Å². The van der Waals surface area contributed by atoms with E-state index >= 15 is 0 Å². The van der Waals surface area contributed by atoms with Crippen LogP contribution in [0.2, 0.25) is 0 Å². The molecule has 156 valence electrons. The standard InChI is InChI=1S/C23H31N3O3/c1-3-20-21-18(17-10-6-7-11-19(17)24-21)12-13-26(20)22(27)16-9-5-4-8-15(16)14-25(2)23(28)29/h6-7,10-11,15-16,20,24H,3-5,8-9,12-14H2,1-2H3,(H,28,29). The summed E-state index contributed by atoms with van der Waals surface area (Å²) in [6.07, 6.45) is 4.73. The lowest BCUT2D eigenvalue weighted by Crippen LogP contribution is -2.47. The van der Waals surface area contributed by atoms with Gasteiger partial charge in [-0.1, -0.05) is 38.0 Å². The fourth-order valence-electron chi connectivity index (χ4n) is 5.40. The number of carboxylic acid groups (broad SMARTS) is 1. The Labute approximate surface area is 171 Å². The molecule has 2 aliphatic rings. The smallest absolute Gasteiger partial charge is 0.407 e. The van der Waals surface area contributed by atoms with Crippen LogP contribution in [0.25, 0.3) is 10.9 Å². The van der Waals surface area contributed by atoms with E-state index in [1.54, 1.807) is 7.05 Å². The van der Waals surface area contributed by atoms with Gasteiger partial charge < -0.3 is 19.9 Å². The zero-order chi connectivity index (χ0) is 20.5. The first-order chi connectivity index (χ1) is 14.0.